The number of ether oxygens (including phenoxy) is 2. The van der Waals surface area contributed by atoms with Gasteiger partial charge in [0.2, 0.25) is 5.91 Å². The van der Waals surface area contributed by atoms with Gasteiger partial charge in [-0.25, -0.2) is 0 Å². The Balaban J connectivity index is 1.52. The van der Waals surface area contributed by atoms with Crippen molar-refractivity contribution in [2.24, 2.45) is 0 Å². The van der Waals surface area contributed by atoms with E-state index in [9.17, 15) is 4.79 Å². The van der Waals surface area contributed by atoms with Crippen molar-refractivity contribution in [3.05, 3.63) is 60.3 Å². The highest BCUT2D eigenvalue weighted by Crippen LogP contribution is 2.28. The number of benzene rings is 2. The SMILES string of the molecule is COc1cc(C#N)ccc1OCCCC(=O)Nc1cccc2cccnc12. The van der Waals surface area contributed by atoms with E-state index in [0.717, 1.165) is 10.9 Å². The molecule has 1 amide bonds. The minimum absolute atomic E-state index is 0.0939. The fraction of sp³-hybridized carbons (Fsp3) is 0.190. The summed E-state index contributed by atoms with van der Waals surface area (Å²) in [5.74, 6) is 0.957. The molecule has 0 aliphatic carbocycles. The zero-order valence-corrected chi connectivity index (χ0v) is 14.9. The molecule has 0 saturated heterocycles. The number of amides is 1. The average molecular weight is 361 g/mol. The molecular weight excluding hydrogens is 342 g/mol. The van der Waals surface area contributed by atoms with Crippen LogP contribution in [0.2, 0.25) is 0 Å². The van der Waals surface area contributed by atoms with Crippen LogP contribution in [-0.4, -0.2) is 24.6 Å². The number of hydrogen-bond acceptors (Lipinski definition) is 5. The number of hydrogen-bond donors (Lipinski definition) is 1. The molecule has 6 heteroatoms. The Morgan fingerprint density at radius 1 is 1.19 bits per heavy atom. The van der Waals surface area contributed by atoms with Gasteiger partial charge in [-0.15, -0.1) is 0 Å². The van der Waals surface area contributed by atoms with E-state index in [-0.39, 0.29) is 5.91 Å². The molecule has 0 atom stereocenters. The van der Waals surface area contributed by atoms with E-state index in [0.29, 0.717) is 42.2 Å². The molecule has 0 aliphatic rings. The molecule has 1 heterocycles. The summed E-state index contributed by atoms with van der Waals surface area (Å²) in [5.41, 5.74) is 1.97. The Hall–Kier alpha value is -3.59. The zero-order chi connectivity index (χ0) is 19.1. The standard InChI is InChI=1S/C21H19N3O3/c1-26-19-13-15(14-22)9-10-18(19)27-12-4-8-20(25)24-17-7-2-5-16-6-3-11-23-21(16)17/h2-3,5-7,9-11,13H,4,8,12H2,1H3,(H,24,25). The number of fused-ring (bicyclic) bond motifs is 1. The molecule has 3 aromatic rings. The smallest absolute Gasteiger partial charge is 0.224 e. The lowest BCUT2D eigenvalue weighted by Gasteiger charge is -2.11. The maximum absolute atomic E-state index is 12.2. The topological polar surface area (TPSA) is 84.2 Å². The van der Waals surface area contributed by atoms with Crippen molar-refractivity contribution in [1.29, 1.82) is 5.26 Å². The van der Waals surface area contributed by atoms with Crippen LogP contribution >= 0.6 is 0 Å². The van der Waals surface area contributed by atoms with Gasteiger partial charge in [-0.3, -0.25) is 9.78 Å². The van der Waals surface area contributed by atoms with Crippen LogP contribution in [-0.2, 0) is 4.79 Å². The van der Waals surface area contributed by atoms with Gasteiger partial charge < -0.3 is 14.8 Å². The van der Waals surface area contributed by atoms with E-state index < -0.39 is 0 Å². The van der Waals surface area contributed by atoms with E-state index >= 15 is 0 Å². The van der Waals surface area contributed by atoms with E-state index in [2.05, 4.69) is 16.4 Å². The lowest BCUT2D eigenvalue weighted by molar-refractivity contribution is -0.116. The van der Waals surface area contributed by atoms with Crippen LogP contribution < -0.4 is 14.8 Å². The fourth-order valence-electron chi connectivity index (χ4n) is 2.69. The summed E-state index contributed by atoms with van der Waals surface area (Å²) in [5, 5.41) is 12.8. The van der Waals surface area contributed by atoms with Gasteiger partial charge in [-0.2, -0.15) is 5.26 Å². The molecule has 2 aromatic carbocycles. The van der Waals surface area contributed by atoms with Crippen LogP contribution in [0.1, 0.15) is 18.4 Å². The van der Waals surface area contributed by atoms with Gasteiger partial charge in [0.05, 0.1) is 36.6 Å². The van der Waals surface area contributed by atoms with Gasteiger partial charge in [-0.05, 0) is 30.7 Å². The number of nitrogens with zero attached hydrogens (tertiary/aromatic N) is 2. The predicted molar refractivity (Wildman–Crippen MR) is 103 cm³/mol. The second-order valence-corrected chi connectivity index (χ2v) is 5.86. The Morgan fingerprint density at radius 3 is 2.85 bits per heavy atom. The van der Waals surface area contributed by atoms with Gasteiger partial charge >= 0.3 is 0 Å². The summed E-state index contributed by atoms with van der Waals surface area (Å²) in [7, 11) is 1.52. The van der Waals surface area contributed by atoms with Crippen molar-refractivity contribution in [2.45, 2.75) is 12.8 Å². The first-order valence-corrected chi connectivity index (χ1v) is 8.56. The van der Waals surface area contributed by atoms with Crippen LogP contribution in [0.5, 0.6) is 11.5 Å². The second-order valence-electron chi connectivity index (χ2n) is 5.86. The molecule has 1 aromatic heterocycles. The van der Waals surface area contributed by atoms with Gasteiger partial charge in [0.25, 0.3) is 0 Å². The van der Waals surface area contributed by atoms with E-state index in [1.807, 2.05) is 30.3 Å². The number of carbonyl (C=O) groups is 1. The molecule has 0 spiro atoms. The monoisotopic (exact) mass is 361 g/mol. The van der Waals surface area contributed by atoms with Crippen molar-refractivity contribution in [3.8, 4) is 17.6 Å². The molecule has 3 rings (SSSR count). The van der Waals surface area contributed by atoms with Crippen molar-refractivity contribution in [1.82, 2.24) is 4.98 Å². The van der Waals surface area contributed by atoms with Crippen LogP contribution in [0.4, 0.5) is 5.69 Å². The number of nitrogens with one attached hydrogen (secondary N) is 1. The van der Waals surface area contributed by atoms with Crippen LogP contribution in [0.25, 0.3) is 10.9 Å². The minimum Gasteiger partial charge on any atom is -0.493 e. The number of carbonyl (C=O) groups excluding carboxylic acids is 1. The van der Waals surface area contributed by atoms with Crippen molar-refractivity contribution >= 4 is 22.5 Å². The number of pyridine rings is 1. The van der Waals surface area contributed by atoms with Gasteiger partial charge in [0, 0.05) is 24.1 Å². The molecule has 27 heavy (non-hydrogen) atoms. The third-order valence-electron chi connectivity index (χ3n) is 4.01. The highest BCUT2D eigenvalue weighted by Gasteiger charge is 2.08. The van der Waals surface area contributed by atoms with Gasteiger partial charge in [0.1, 0.15) is 0 Å². The quantitative estimate of drug-likeness (QED) is 0.645. The zero-order valence-electron chi connectivity index (χ0n) is 14.9. The van der Waals surface area contributed by atoms with Gasteiger partial charge in [0.15, 0.2) is 11.5 Å². The Bertz CT molecular complexity index is 990. The number of anilines is 1. The summed E-state index contributed by atoms with van der Waals surface area (Å²) >= 11 is 0. The summed E-state index contributed by atoms with van der Waals surface area (Å²) in [4.78, 5) is 16.5. The molecule has 0 radical (unpaired) electrons. The number of para-hydroxylation sites is 1. The maximum atomic E-state index is 12.2. The molecule has 0 unspecified atom stereocenters. The molecule has 1 N–H and O–H groups in total. The van der Waals surface area contributed by atoms with E-state index in [1.165, 1.54) is 7.11 Å². The third-order valence-corrected chi connectivity index (χ3v) is 4.01. The molecule has 0 saturated carbocycles. The number of nitriles is 1. The lowest BCUT2D eigenvalue weighted by atomic mass is 10.2. The molecule has 6 nitrogen and oxygen atoms in total. The molecule has 0 bridgehead atoms. The summed E-state index contributed by atoms with van der Waals surface area (Å²) in [6, 6.07) is 16.5. The van der Waals surface area contributed by atoms with Crippen LogP contribution in [0, 0.1) is 11.3 Å². The first-order valence-electron chi connectivity index (χ1n) is 8.56. The number of aromatic nitrogens is 1. The minimum atomic E-state index is -0.0939. The Labute approximate surface area is 157 Å². The largest absolute Gasteiger partial charge is 0.493 e. The van der Waals surface area contributed by atoms with Gasteiger partial charge in [-0.1, -0.05) is 18.2 Å². The molecule has 0 aliphatic heterocycles. The summed E-state index contributed by atoms with van der Waals surface area (Å²) < 4.78 is 10.9. The lowest BCUT2D eigenvalue weighted by Crippen LogP contribution is -2.13. The normalized spacial score (nSPS) is 10.2. The van der Waals surface area contributed by atoms with Crippen molar-refractivity contribution in [3.63, 3.8) is 0 Å². The summed E-state index contributed by atoms with van der Waals surface area (Å²) in [6.45, 7) is 0.365. The number of methoxy groups -OCH3 is 1. The molecule has 136 valence electrons. The molecular formula is C21H19N3O3. The highest BCUT2D eigenvalue weighted by molar-refractivity contribution is 6.00. The Kier molecular flexibility index (Phi) is 5.85. The first kappa shape index (κ1) is 18.2. The summed E-state index contributed by atoms with van der Waals surface area (Å²) in [6.07, 6.45) is 2.58. The average Bonchev–Trinajstić information content (AvgIpc) is 2.71. The third kappa shape index (κ3) is 4.53. The van der Waals surface area contributed by atoms with Crippen LogP contribution in [0.3, 0.4) is 0 Å². The van der Waals surface area contributed by atoms with Crippen LogP contribution in [0.15, 0.2) is 54.7 Å². The predicted octanol–water partition coefficient (Wildman–Crippen LogP) is 3.91. The first-order chi connectivity index (χ1) is 13.2. The number of rotatable bonds is 7. The Morgan fingerprint density at radius 2 is 2.04 bits per heavy atom. The van der Waals surface area contributed by atoms with E-state index in [1.54, 1.807) is 24.4 Å². The van der Waals surface area contributed by atoms with Crippen molar-refractivity contribution in [2.75, 3.05) is 19.0 Å². The second kappa shape index (κ2) is 8.68. The highest BCUT2D eigenvalue weighted by atomic mass is 16.5. The van der Waals surface area contributed by atoms with E-state index in [4.69, 9.17) is 14.7 Å². The van der Waals surface area contributed by atoms with Crippen molar-refractivity contribution < 1.29 is 14.3 Å². The fourth-order valence-corrected chi connectivity index (χ4v) is 2.69. The maximum Gasteiger partial charge on any atom is 0.224 e. The molecule has 0 fully saturated rings.